The van der Waals surface area contributed by atoms with E-state index in [1.54, 1.807) is 12.1 Å². The number of sulfonamides is 1. The van der Waals surface area contributed by atoms with E-state index in [1.165, 1.54) is 6.07 Å². The third kappa shape index (κ3) is 3.60. The average Bonchev–Trinajstić information content (AvgIpc) is 2.76. The smallest absolute Gasteiger partial charge is 0.306 e. The topological polar surface area (TPSA) is 83.5 Å². The van der Waals surface area contributed by atoms with Crippen molar-refractivity contribution >= 4 is 47.9 Å². The molecular weight excluding hydrogens is 414 g/mol. The normalized spacial score (nSPS) is 22.9. The standard InChI is InChI=1S/C12H13Br2NO4S/c13-8-2-4-11(10(14)6-8)20(18,19)15-9-3-1-7(5-9)12(16)17/h2,4,6-7,9,15H,1,3,5H2,(H,16,17). The van der Waals surface area contributed by atoms with Crippen LogP contribution >= 0.6 is 31.9 Å². The molecule has 110 valence electrons. The van der Waals surface area contributed by atoms with Crippen LogP contribution in [0.2, 0.25) is 0 Å². The lowest BCUT2D eigenvalue weighted by atomic mass is 10.1. The summed E-state index contributed by atoms with van der Waals surface area (Å²) in [5, 5.41) is 8.93. The molecule has 2 atom stereocenters. The van der Waals surface area contributed by atoms with Crippen LogP contribution in [-0.2, 0) is 14.8 Å². The molecule has 0 aliphatic heterocycles. The molecule has 2 unspecified atom stereocenters. The number of aliphatic carboxylic acids is 1. The Hall–Kier alpha value is -0.440. The molecular formula is C12H13Br2NO4S. The highest BCUT2D eigenvalue weighted by atomic mass is 79.9. The number of rotatable bonds is 4. The predicted octanol–water partition coefficient (Wildman–Crippen LogP) is 2.74. The molecule has 1 saturated carbocycles. The van der Waals surface area contributed by atoms with Crippen LogP contribution in [0.25, 0.3) is 0 Å². The zero-order valence-electron chi connectivity index (χ0n) is 10.3. The molecule has 0 amide bonds. The van der Waals surface area contributed by atoms with Gasteiger partial charge in [0.2, 0.25) is 10.0 Å². The van der Waals surface area contributed by atoms with Crippen LogP contribution in [0.1, 0.15) is 19.3 Å². The van der Waals surface area contributed by atoms with Crippen molar-refractivity contribution in [3.8, 4) is 0 Å². The van der Waals surface area contributed by atoms with Gasteiger partial charge in [-0.3, -0.25) is 4.79 Å². The highest BCUT2D eigenvalue weighted by Crippen LogP contribution is 2.29. The SMILES string of the molecule is O=C(O)C1CCC(NS(=O)(=O)c2ccc(Br)cc2Br)C1. The Kier molecular flexibility index (Phi) is 4.88. The Labute approximate surface area is 134 Å². The van der Waals surface area contributed by atoms with Crippen molar-refractivity contribution in [1.82, 2.24) is 4.72 Å². The summed E-state index contributed by atoms with van der Waals surface area (Å²) in [6.45, 7) is 0. The second-order valence-electron chi connectivity index (χ2n) is 4.74. The summed E-state index contributed by atoms with van der Waals surface area (Å²) >= 11 is 6.49. The summed E-state index contributed by atoms with van der Waals surface area (Å²) in [6.07, 6.45) is 1.39. The van der Waals surface area contributed by atoms with Crippen LogP contribution in [0, 0.1) is 5.92 Å². The van der Waals surface area contributed by atoms with Gasteiger partial charge in [0.1, 0.15) is 0 Å². The molecule has 0 saturated heterocycles. The van der Waals surface area contributed by atoms with Crippen molar-refractivity contribution in [1.29, 1.82) is 0 Å². The van der Waals surface area contributed by atoms with Crippen molar-refractivity contribution in [3.63, 3.8) is 0 Å². The fourth-order valence-corrected chi connectivity index (χ4v) is 5.32. The largest absolute Gasteiger partial charge is 0.481 e. The number of nitrogens with one attached hydrogen (secondary N) is 1. The van der Waals surface area contributed by atoms with E-state index in [2.05, 4.69) is 36.6 Å². The first-order chi connectivity index (χ1) is 9.29. The van der Waals surface area contributed by atoms with Crippen molar-refractivity contribution < 1.29 is 18.3 Å². The molecule has 1 aliphatic rings. The summed E-state index contributed by atoms with van der Waals surface area (Å²) in [7, 11) is -3.65. The summed E-state index contributed by atoms with van der Waals surface area (Å²) < 4.78 is 28.4. The van der Waals surface area contributed by atoms with Crippen LogP contribution < -0.4 is 4.72 Å². The predicted molar refractivity (Wildman–Crippen MR) is 80.9 cm³/mol. The van der Waals surface area contributed by atoms with Gasteiger partial charge < -0.3 is 5.11 Å². The van der Waals surface area contributed by atoms with Gasteiger partial charge in [0.05, 0.1) is 10.8 Å². The average molecular weight is 427 g/mol. The van der Waals surface area contributed by atoms with Gasteiger partial charge in [-0.05, 0) is 53.4 Å². The van der Waals surface area contributed by atoms with Crippen LogP contribution in [0.5, 0.6) is 0 Å². The van der Waals surface area contributed by atoms with Gasteiger partial charge >= 0.3 is 5.97 Å². The van der Waals surface area contributed by atoms with E-state index in [0.717, 1.165) is 4.47 Å². The van der Waals surface area contributed by atoms with Crippen molar-refractivity contribution in [2.45, 2.75) is 30.2 Å². The van der Waals surface area contributed by atoms with E-state index in [0.29, 0.717) is 23.7 Å². The third-order valence-corrected chi connectivity index (χ3v) is 6.28. The first kappa shape index (κ1) is 15.9. The Balaban J connectivity index is 2.14. The minimum absolute atomic E-state index is 0.152. The highest BCUT2D eigenvalue weighted by Gasteiger charge is 2.32. The summed E-state index contributed by atoms with van der Waals surface area (Å²) in [5.41, 5.74) is 0. The molecule has 8 heteroatoms. The van der Waals surface area contributed by atoms with Gasteiger partial charge in [-0.2, -0.15) is 0 Å². The lowest BCUT2D eigenvalue weighted by Crippen LogP contribution is -2.33. The highest BCUT2D eigenvalue weighted by molar-refractivity contribution is 9.11. The number of halogens is 2. The Morgan fingerprint density at radius 3 is 2.55 bits per heavy atom. The van der Waals surface area contributed by atoms with Crippen LogP contribution in [-0.4, -0.2) is 25.5 Å². The minimum Gasteiger partial charge on any atom is -0.481 e. The number of hydrogen-bond donors (Lipinski definition) is 2. The maximum absolute atomic E-state index is 12.3. The quantitative estimate of drug-likeness (QED) is 0.775. The molecule has 1 aromatic carbocycles. The van der Waals surface area contributed by atoms with Crippen LogP contribution in [0.4, 0.5) is 0 Å². The van der Waals surface area contributed by atoms with Gasteiger partial charge in [-0.1, -0.05) is 15.9 Å². The second kappa shape index (κ2) is 6.13. The van der Waals surface area contributed by atoms with Crippen LogP contribution in [0.3, 0.4) is 0 Å². The van der Waals surface area contributed by atoms with E-state index in [-0.39, 0.29) is 10.9 Å². The first-order valence-corrected chi connectivity index (χ1v) is 9.06. The van der Waals surface area contributed by atoms with Crippen molar-refractivity contribution in [3.05, 3.63) is 27.1 Å². The van der Waals surface area contributed by atoms with Gasteiger partial charge in [0, 0.05) is 15.0 Å². The molecule has 0 radical (unpaired) electrons. The molecule has 5 nitrogen and oxygen atoms in total. The van der Waals surface area contributed by atoms with Crippen molar-refractivity contribution in [2.24, 2.45) is 5.92 Å². The molecule has 1 fully saturated rings. The number of carboxylic acids is 1. The Bertz CT molecular complexity index is 632. The van der Waals surface area contributed by atoms with E-state index in [9.17, 15) is 13.2 Å². The molecule has 1 aromatic rings. The maximum Gasteiger partial charge on any atom is 0.306 e. The zero-order valence-corrected chi connectivity index (χ0v) is 14.3. The van der Waals surface area contributed by atoms with Gasteiger partial charge in [-0.25, -0.2) is 13.1 Å². The Morgan fingerprint density at radius 1 is 1.30 bits per heavy atom. The maximum atomic E-state index is 12.3. The number of benzene rings is 1. The summed E-state index contributed by atoms with van der Waals surface area (Å²) in [4.78, 5) is 11.0. The molecule has 0 aromatic heterocycles. The molecule has 1 aliphatic carbocycles. The lowest BCUT2D eigenvalue weighted by Gasteiger charge is -2.14. The number of carbonyl (C=O) groups is 1. The molecule has 0 spiro atoms. The number of carboxylic acid groups (broad SMARTS) is 1. The monoisotopic (exact) mass is 425 g/mol. The third-order valence-electron chi connectivity index (χ3n) is 3.29. The summed E-state index contributed by atoms with van der Waals surface area (Å²) in [5.74, 6) is -1.33. The van der Waals surface area contributed by atoms with E-state index in [1.807, 2.05) is 0 Å². The Morgan fingerprint density at radius 2 is 2.00 bits per heavy atom. The minimum atomic E-state index is -3.65. The second-order valence-corrected chi connectivity index (χ2v) is 8.19. The van der Waals surface area contributed by atoms with Gasteiger partial charge in [0.15, 0.2) is 0 Å². The van der Waals surface area contributed by atoms with Gasteiger partial charge in [0.25, 0.3) is 0 Å². The van der Waals surface area contributed by atoms with E-state index >= 15 is 0 Å². The molecule has 0 heterocycles. The van der Waals surface area contributed by atoms with E-state index < -0.39 is 21.9 Å². The zero-order chi connectivity index (χ0) is 14.9. The lowest BCUT2D eigenvalue weighted by molar-refractivity contribution is -0.141. The molecule has 20 heavy (non-hydrogen) atoms. The molecule has 0 bridgehead atoms. The first-order valence-electron chi connectivity index (χ1n) is 6.00. The molecule has 2 N–H and O–H groups in total. The fourth-order valence-electron chi connectivity index (χ4n) is 2.29. The van der Waals surface area contributed by atoms with Crippen molar-refractivity contribution in [2.75, 3.05) is 0 Å². The van der Waals surface area contributed by atoms with Gasteiger partial charge in [-0.15, -0.1) is 0 Å². The number of hydrogen-bond acceptors (Lipinski definition) is 3. The molecule has 2 rings (SSSR count). The fraction of sp³-hybridized carbons (Fsp3) is 0.417. The summed E-state index contributed by atoms with van der Waals surface area (Å²) in [6, 6.07) is 4.48. The van der Waals surface area contributed by atoms with Crippen LogP contribution in [0.15, 0.2) is 32.0 Å². The van der Waals surface area contributed by atoms with E-state index in [4.69, 9.17) is 5.11 Å².